The lowest BCUT2D eigenvalue weighted by atomic mass is 9.96. The summed E-state index contributed by atoms with van der Waals surface area (Å²) in [5.74, 6) is -0.199. The molecule has 2 aromatic carbocycles. The highest BCUT2D eigenvalue weighted by Gasteiger charge is 2.14. The number of halogens is 1. The molecular formula is C18H22FN. The van der Waals surface area contributed by atoms with Gasteiger partial charge in [0, 0.05) is 5.56 Å². The second kappa shape index (κ2) is 6.67. The SMILES string of the molecule is CCCCc1ccc(C(N)c2cccc(C)c2F)cc1. The van der Waals surface area contributed by atoms with E-state index >= 15 is 0 Å². The summed E-state index contributed by atoms with van der Waals surface area (Å²) in [6.07, 6.45) is 3.47. The van der Waals surface area contributed by atoms with Gasteiger partial charge in [0.05, 0.1) is 6.04 Å². The number of unbranched alkanes of at least 4 members (excludes halogenated alkanes) is 1. The van der Waals surface area contributed by atoms with Gasteiger partial charge in [-0.05, 0) is 36.5 Å². The van der Waals surface area contributed by atoms with E-state index in [-0.39, 0.29) is 5.82 Å². The quantitative estimate of drug-likeness (QED) is 0.849. The Morgan fingerprint density at radius 3 is 2.45 bits per heavy atom. The highest BCUT2D eigenvalue weighted by atomic mass is 19.1. The molecule has 106 valence electrons. The molecule has 2 N–H and O–H groups in total. The van der Waals surface area contributed by atoms with Crippen LogP contribution in [0.15, 0.2) is 42.5 Å². The molecule has 0 aliphatic heterocycles. The Morgan fingerprint density at radius 2 is 1.80 bits per heavy atom. The highest BCUT2D eigenvalue weighted by molar-refractivity contribution is 5.36. The summed E-state index contributed by atoms with van der Waals surface area (Å²) >= 11 is 0. The monoisotopic (exact) mass is 271 g/mol. The summed E-state index contributed by atoms with van der Waals surface area (Å²) in [4.78, 5) is 0. The lowest BCUT2D eigenvalue weighted by Crippen LogP contribution is -2.14. The minimum atomic E-state index is -0.407. The summed E-state index contributed by atoms with van der Waals surface area (Å²) in [7, 11) is 0. The Hall–Kier alpha value is -1.67. The number of hydrogen-bond acceptors (Lipinski definition) is 1. The highest BCUT2D eigenvalue weighted by Crippen LogP contribution is 2.24. The van der Waals surface area contributed by atoms with Crippen LogP contribution in [0.1, 0.15) is 48.1 Å². The molecular weight excluding hydrogens is 249 g/mol. The average molecular weight is 271 g/mol. The van der Waals surface area contributed by atoms with Crippen LogP contribution >= 0.6 is 0 Å². The molecule has 0 bridgehead atoms. The van der Waals surface area contributed by atoms with E-state index in [2.05, 4.69) is 19.1 Å². The molecule has 2 rings (SSSR count). The van der Waals surface area contributed by atoms with Gasteiger partial charge in [-0.3, -0.25) is 0 Å². The minimum Gasteiger partial charge on any atom is -0.320 e. The zero-order valence-corrected chi connectivity index (χ0v) is 12.2. The van der Waals surface area contributed by atoms with Crippen molar-refractivity contribution < 1.29 is 4.39 Å². The molecule has 0 aromatic heterocycles. The first-order valence-corrected chi connectivity index (χ1v) is 7.23. The van der Waals surface area contributed by atoms with Crippen molar-refractivity contribution in [3.8, 4) is 0 Å². The number of benzene rings is 2. The van der Waals surface area contributed by atoms with E-state index in [4.69, 9.17) is 5.73 Å². The van der Waals surface area contributed by atoms with Crippen LogP contribution in [-0.4, -0.2) is 0 Å². The van der Waals surface area contributed by atoms with Crippen molar-refractivity contribution in [3.05, 3.63) is 70.5 Å². The van der Waals surface area contributed by atoms with Gasteiger partial charge >= 0.3 is 0 Å². The van der Waals surface area contributed by atoms with Gasteiger partial charge in [0.1, 0.15) is 5.82 Å². The summed E-state index contributed by atoms with van der Waals surface area (Å²) < 4.78 is 14.1. The molecule has 0 aliphatic rings. The number of aryl methyl sites for hydroxylation is 2. The van der Waals surface area contributed by atoms with E-state index in [9.17, 15) is 4.39 Å². The Balaban J connectivity index is 2.20. The molecule has 0 aliphatic carbocycles. The van der Waals surface area contributed by atoms with Crippen LogP contribution in [0.3, 0.4) is 0 Å². The molecule has 0 saturated carbocycles. The van der Waals surface area contributed by atoms with E-state index in [1.807, 2.05) is 18.2 Å². The molecule has 1 unspecified atom stereocenters. The number of nitrogens with two attached hydrogens (primary N) is 1. The Bertz CT molecular complexity index is 560. The summed E-state index contributed by atoms with van der Waals surface area (Å²) in [5, 5.41) is 0. The van der Waals surface area contributed by atoms with Crippen molar-refractivity contribution in [2.45, 2.75) is 39.2 Å². The van der Waals surface area contributed by atoms with E-state index < -0.39 is 6.04 Å². The first-order valence-electron chi connectivity index (χ1n) is 7.23. The van der Waals surface area contributed by atoms with Gasteiger partial charge in [0.15, 0.2) is 0 Å². The van der Waals surface area contributed by atoms with Crippen LogP contribution in [0.25, 0.3) is 0 Å². The van der Waals surface area contributed by atoms with Crippen LogP contribution < -0.4 is 5.73 Å². The van der Waals surface area contributed by atoms with E-state index in [0.717, 1.165) is 12.0 Å². The first kappa shape index (κ1) is 14.7. The number of hydrogen-bond donors (Lipinski definition) is 1. The fourth-order valence-corrected chi connectivity index (χ4v) is 2.36. The van der Waals surface area contributed by atoms with E-state index in [0.29, 0.717) is 11.1 Å². The van der Waals surface area contributed by atoms with Crippen molar-refractivity contribution in [1.82, 2.24) is 0 Å². The average Bonchev–Trinajstić information content (AvgIpc) is 2.48. The molecule has 1 atom stereocenters. The molecule has 1 nitrogen and oxygen atoms in total. The van der Waals surface area contributed by atoms with Gasteiger partial charge in [-0.2, -0.15) is 0 Å². The third-order valence-electron chi connectivity index (χ3n) is 3.71. The topological polar surface area (TPSA) is 26.0 Å². The zero-order valence-electron chi connectivity index (χ0n) is 12.2. The van der Waals surface area contributed by atoms with Crippen LogP contribution in [0.2, 0.25) is 0 Å². The van der Waals surface area contributed by atoms with E-state index in [1.54, 1.807) is 19.1 Å². The third-order valence-corrected chi connectivity index (χ3v) is 3.71. The molecule has 0 amide bonds. The smallest absolute Gasteiger partial charge is 0.131 e. The van der Waals surface area contributed by atoms with Gasteiger partial charge in [-0.25, -0.2) is 4.39 Å². The van der Waals surface area contributed by atoms with Crippen molar-refractivity contribution in [2.24, 2.45) is 5.73 Å². The third kappa shape index (κ3) is 3.26. The van der Waals surface area contributed by atoms with Gasteiger partial charge in [-0.1, -0.05) is 55.8 Å². The molecule has 0 radical (unpaired) electrons. The lowest BCUT2D eigenvalue weighted by Gasteiger charge is -2.15. The Labute approximate surface area is 120 Å². The van der Waals surface area contributed by atoms with Crippen LogP contribution in [0.4, 0.5) is 4.39 Å². The van der Waals surface area contributed by atoms with Crippen LogP contribution in [0.5, 0.6) is 0 Å². The summed E-state index contributed by atoms with van der Waals surface area (Å²) in [6.45, 7) is 3.95. The standard InChI is InChI=1S/C18H22FN/c1-3-4-7-14-9-11-15(12-10-14)18(20)16-8-5-6-13(2)17(16)19/h5-6,8-12,18H,3-4,7,20H2,1-2H3. The van der Waals surface area contributed by atoms with Crippen molar-refractivity contribution >= 4 is 0 Å². The van der Waals surface area contributed by atoms with Crippen molar-refractivity contribution in [1.29, 1.82) is 0 Å². The summed E-state index contributed by atoms with van der Waals surface area (Å²) in [6, 6.07) is 13.2. The minimum absolute atomic E-state index is 0.199. The molecule has 0 heterocycles. The van der Waals surface area contributed by atoms with Gasteiger partial charge in [0.2, 0.25) is 0 Å². The van der Waals surface area contributed by atoms with Crippen LogP contribution in [0, 0.1) is 12.7 Å². The summed E-state index contributed by atoms with van der Waals surface area (Å²) in [5.41, 5.74) is 9.66. The lowest BCUT2D eigenvalue weighted by molar-refractivity contribution is 0.591. The van der Waals surface area contributed by atoms with Gasteiger partial charge in [0.25, 0.3) is 0 Å². The molecule has 0 saturated heterocycles. The predicted molar refractivity (Wildman–Crippen MR) is 82.2 cm³/mol. The maximum atomic E-state index is 14.1. The Kier molecular flexibility index (Phi) is 4.91. The fourth-order valence-electron chi connectivity index (χ4n) is 2.36. The van der Waals surface area contributed by atoms with Crippen molar-refractivity contribution in [2.75, 3.05) is 0 Å². The van der Waals surface area contributed by atoms with Crippen molar-refractivity contribution in [3.63, 3.8) is 0 Å². The maximum Gasteiger partial charge on any atom is 0.131 e. The molecule has 2 aromatic rings. The van der Waals surface area contributed by atoms with Gasteiger partial charge < -0.3 is 5.73 Å². The second-order valence-electron chi connectivity index (χ2n) is 5.30. The van der Waals surface area contributed by atoms with Crippen LogP contribution in [-0.2, 0) is 6.42 Å². The first-order chi connectivity index (χ1) is 9.63. The van der Waals surface area contributed by atoms with E-state index in [1.165, 1.54) is 18.4 Å². The Morgan fingerprint density at radius 1 is 1.10 bits per heavy atom. The van der Waals surface area contributed by atoms with Gasteiger partial charge in [-0.15, -0.1) is 0 Å². The second-order valence-corrected chi connectivity index (χ2v) is 5.30. The molecule has 2 heteroatoms. The predicted octanol–water partition coefficient (Wildman–Crippen LogP) is 4.52. The fraction of sp³-hybridized carbons (Fsp3) is 0.333. The number of rotatable bonds is 5. The largest absolute Gasteiger partial charge is 0.320 e. The molecule has 0 spiro atoms. The zero-order chi connectivity index (χ0) is 14.5. The molecule has 0 fully saturated rings. The maximum absolute atomic E-state index is 14.1. The molecule has 20 heavy (non-hydrogen) atoms. The normalized spacial score (nSPS) is 12.4.